The maximum absolute atomic E-state index is 13.1. The van der Waals surface area contributed by atoms with Gasteiger partial charge in [-0.3, -0.25) is 4.79 Å². The summed E-state index contributed by atoms with van der Waals surface area (Å²) < 4.78 is 11.9. The third kappa shape index (κ3) is 11.2. The minimum atomic E-state index is -1.27. The number of carbonyl (C=O) groups is 1. The van der Waals surface area contributed by atoms with Crippen molar-refractivity contribution in [3.05, 3.63) is 106 Å². The number of nitrogens with one attached hydrogen (secondary N) is 2. The Morgan fingerprint density at radius 1 is 1.06 bits per heavy atom. The van der Waals surface area contributed by atoms with Gasteiger partial charge in [-0.15, -0.1) is 0 Å². The molecular formula is C59H88N2O8. The molecule has 1 aliphatic heterocycles. The van der Waals surface area contributed by atoms with Crippen LogP contribution in [-0.4, -0.2) is 115 Å². The van der Waals surface area contributed by atoms with E-state index in [1.165, 1.54) is 61.6 Å². The van der Waals surface area contributed by atoms with Crippen LogP contribution in [0.5, 0.6) is 0 Å². The summed E-state index contributed by atoms with van der Waals surface area (Å²) in [6.45, 7) is 10.7. The largest absolute Gasteiger partial charge is 0.396 e. The molecule has 10 heteroatoms. The van der Waals surface area contributed by atoms with E-state index in [-0.39, 0.29) is 54.4 Å². The highest BCUT2D eigenvalue weighted by molar-refractivity contribution is 5.74. The number of aldehydes is 1. The van der Waals surface area contributed by atoms with Crippen molar-refractivity contribution in [2.45, 2.75) is 152 Å². The number of aliphatic hydroxyl groups is 5. The number of aliphatic hydroxyl groups excluding tert-OH is 4. The lowest BCUT2D eigenvalue weighted by Crippen LogP contribution is -2.65. The van der Waals surface area contributed by atoms with Crippen molar-refractivity contribution >= 4 is 6.29 Å². The Bertz CT molecular complexity index is 2040. The molecule has 0 radical (unpaired) electrons. The highest BCUT2D eigenvalue weighted by atomic mass is 16.5. The van der Waals surface area contributed by atoms with Gasteiger partial charge in [-0.05, 0) is 150 Å². The number of allylic oxidation sites excluding steroid dienone is 9. The quantitative estimate of drug-likeness (QED) is 0.0312. The van der Waals surface area contributed by atoms with Crippen LogP contribution in [0.15, 0.2) is 95.2 Å². The molecule has 7 rings (SSSR count). The van der Waals surface area contributed by atoms with E-state index in [9.17, 15) is 30.3 Å². The van der Waals surface area contributed by atoms with Gasteiger partial charge in [0.25, 0.3) is 0 Å². The molecule has 4 bridgehead atoms. The summed E-state index contributed by atoms with van der Waals surface area (Å²) in [6, 6.07) is 9.54. The summed E-state index contributed by atoms with van der Waals surface area (Å²) in [4.78, 5) is 12.6. The van der Waals surface area contributed by atoms with Crippen LogP contribution < -0.4 is 10.6 Å². The first kappa shape index (κ1) is 53.8. The second-order valence-electron chi connectivity index (χ2n) is 22.3. The molecule has 10 nitrogen and oxygen atoms in total. The molecule has 0 aromatic heterocycles. The fourth-order valence-corrected chi connectivity index (χ4v) is 15.0. The van der Waals surface area contributed by atoms with Crippen LogP contribution in [0.2, 0.25) is 0 Å². The van der Waals surface area contributed by atoms with Crippen LogP contribution in [0.25, 0.3) is 0 Å². The number of benzene rings is 1. The predicted molar refractivity (Wildman–Crippen MR) is 276 cm³/mol. The van der Waals surface area contributed by atoms with E-state index in [2.05, 4.69) is 72.2 Å². The second-order valence-corrected chi connectivity index (χ2v) is 22.3. The van der Waals surface area contributed by atoms with Crippen LogP contribution in [0.3, 0.4) is 0 Å². The molecule has 1 aromatic carbocycles. The fourth-order valence-electron chi connectivity index (χ4n) is 15.0. The lowest BCUT2D eigenvalue weighted by Gasteiger charge is -2.61. The number of carbonyl (C=O) groups excluding carboxylic acids is 1. The maximum atomic E-state index is 13.1. The first-order valence-electron chi connectivity index (χ1n) is 26.8. The number of fused-ring (bicyclic) bond motifs is 6. The molecule has 5 aliphatic carbocycles. The average Bonchev–Trinajstić information content (AvgIpc) is 3.99. The van der Waals surface area contributed by atoms with Gasteiger partial charge in [0.2, 0.25) is 0 Å². The van der Waals surface area contributed by atoms with Gasteiger partial charge in [-0.2, -0.15) is 0 Å². The third-order valence-electron chi connectivity index (χ3n) is 18.5. The molecule has 0 saturated heterocycles. The highest BCUT2D eigenvalue weighted by Gasteiger charge is 2.68. The average molecular weight is 953 g/mol. The van der Waals surface area contributed by atoms with Crippen molar-refractivity contribution in [2.24, 2.45) is 40.9 Å². The first-order chi connectivity index (χ1) is 33.4. The summed E-state index contributed by atoms with van der Waals surface area (Å²) in [5.41, 5.74) is 5.26. The van der Waals surface area contributed by atoms with Crippen molar-refractivity contribution in [3.63, 3.8) is 0 Å². The Balaban J connectivity index is 1.25. The molecule has 4 saturated carbocycles. The van der Waals surface area contributed by atoms with E-state index in [4.69, 9.17) is 16.1 Å². The summed E-state index contributed by atoms with van der Waals surface area (Å²) in [5.74, 6) is -0.317. The Morgan fingerprint density at radius 2 is 1.84 bits per heavy atom. The second kappa shape index (κ2) is 24.1. The highest BCUT2D eigenvalue weighted by Crippen LogP contribution is 2.67. The van der Waals surface area contributed by atoms with Crippen molar-refractivity contribution in [1.82, 2.24) is 10.6 Å². The summed E-state index contributed by atoms with van der Waals surface area (Å²) in [5, 5.41) is 64.0. The van der Waals surface area contributed by atoms with Gasteiger partial charge in [0, 0.05) is 55.1 Å². The number of methoxy groups -OCH3 is 1. The predicted octanol–water partition coefficient (Wildman–Crippen LogP) is 8.18. The fraction of sp³-hybridized carbons (Fsp3) is 0.678. The van der Waals surface area contributed by atoms with Crippen molar-refractivity contribution in [2.75, 3.05) is 60.3 Å². The number of ether oxygens (including phenoxy) is 2. The molecule has 4 fully saturated rings. The molecule has 0 amide bonds. The molecule has 10 atom stereocenters. The summed E-state index contributed by atoms with van der Waals surface area (Å²) in [6.07, 6.45) is 28.0. The van der Waals surface area contributed by atoms with Gasteiger partial charge in [0.05, 0.1) is 31.5 Å². The molecular weight excluding hydrogens is 865 g/mol. The number of hydrogen-bond donors (Lipinski definition) is 7. The van der Waals surface area contributed by atoms with Crippen LogP contribution in [-0.2, 0) is 26.1 Å². The van der Waals surface area contributed by atoms with E-state index >= 15 is 0 Å². The standard InChI is InChI=1S/C59H88N2O8/c1-41-19-22-52(56(25-9-10-26-56)49-18-12-14-44(33-49)34-57(61-36-41,29-32-68-5)48-16-7-6-8-17-48)42(2)13-11-15-47(39-69-40-50(65)38-64)51-23-27-59(55(51)66)54-45(24-31-62)20-21-46(53(54)43(3)37-63)35-58(59,67)28-30-60-4/h11-15,18-21,33,37,45-46,48,50-52,54-55,60-62,64-67H,2,6-10,16-17,22-32,34-36,38-40H2,1,3-5H3. The molecule has 1 heterocycles. The van der Waals surface area contributed by atoms with Crippen molar-refractivity contribution in [3.8, 4) is 0 Å². The van der Waals surface area contributed by atoms with Gasteiger partial charge in [-0.25, -0.2) is 0 Å². The summed E-state index contributed by atoms with van der Waals surface area (Å²) in [7, 11) is 3.70. The molecule has 10 unspecified atom stereocenters. The van der Waals surface area contributed by atoms with E-state index < -0.39 is 35.7 Å². The first-order valence-corrected chi connectivity index (χ1v) is 26.8. The zero-order chi connectivity index (χ0) is 49.2. The van der Waals surface area contributed by atoms with Crippen LogP contribution in [0.4, 0.5) is 0 Å². The Morgan fingerprint density at radius 3 is 2.55 bits per heavy atom. The normalized spacial score (nSPS) is 34.2. The van der Waals surface area contributed by atoms with E-state index in [0.717, 1.165) is 68.3 Å². The molecule has 1 aromatic rings. The Hall–Kier alpha value is -3.03. The van der Waals surface area contributed by atoms with Crippen molar-refractivity contribution in [1.29, 1.82) is 0 Å². The van der Waals surface area contributed by atoms with Gasteiger partial charge in [-0.1, -0.05) is 116 Å². The van der Waals surface area contributed by atoms with Gasteiger partial charge in [0.1, 0.15) is 12.4 Å². The molecule has 2 spiro atoms. The minimum Gasteiger partial charge on any atom is -0.396 e. The van der Waals surface area contributed by atoms with Gasteiger partial charge >= 0.3 is 0 Å². The van der Waals surface area contributed by atoms with E-state index in [1.807, 2.05) is 27.2 Å². The van der Waals surface area contributed by atoms with Crippen LogP contribution in [0, 0.1) is 40.9 Å². The van der Waals surface area contributed by atoms with Gasteiger partial charge < -0.3 is 45.6 Å². The van der Waals surface area contributed by atoms with Gasteiger partial charge in [0.15, 0.2) is 0 Å². The van der Waals surface area contributed by atoms with E-state index in [1.54, 1.807) is 0 Å². The van der Waals surface area contributed by atoms with Crippen LogP contribution in [0.1, 0.15) is 128 Å². The van der Waals surface area contributed by atoms with Crippen LogP contribution >= 0.6 is 0 Å². The topological polar surface area (TPSA) is 161 Å². The maximum Gasteiger partial charge on any atom is 0.145 e. The minimum absolute atomic E-state index is 0.0404. The van der Waals surface area contributed by atoms with Crippen molar-refractivity contribution < 1.29 is 39.8 Å². The van der Waals surface area contributed by atoms with E-state index in [0.29, 0.717) is 50.1 Å². The lowest BCUT2D eigenvalue weighted by atomic mass is 9.45. The molecule has 7 N–H and O–H groups in total. The molecule has 69 heavy (non-hydrogen) atoms. The smallest absolute Gasteiger partial charge is 0.145 e. The zero-order valence-corrected chi connectivity index (χ0v) is 42.6. The monoisotopic (exact) mass is 953 g/mol. The summed E-state index contributed by atoms with van der Waals surface area (Å²) >= 11 is 0. The molecule has 6 aliphatic rings. The Kier molecular flexibility index (Phi) is 18.8. The number of rotatable bonds is 19. The SMILES string of the molecule is C=C(C=CC=C(COCC(O)CO)C1CCC2(C1O)C1C(=C(C)C=O)C(C=CC1CCO)CC2(O)CCNC)C1CC=C(C)CNC(CCOC)(C2CCCCC2)Cc2cccc(c2)C12CCCC2. The zero-order valence-electron chi connectivity index (χ0n) is 42.6. The molecule has 382 valence electrons. The lowest BCUT2D eigenvalue weighted by molar-refractivity contribution is -0.194. The number of hydrogen-bond acceptors (Lipinski definition) is 10. The third-order valence-corrected chi connectivity index (χ3v) is 18.5. The Labute approximate surface area is 414 Å².